The molecule has 0 unspecified atom stereocenters. The van der Waals surface area contributed by atoms with Crippen LogP contribution >= 0.6 is 0 Å². The Morgan fingerprint density at radius 3 is 1.06 bits per heavy atom. The predicted molar refractivity (Wildman–Crippen MR) is 131 cm³/mol. The van der Waals surface area contributed by atoms with E-state index in [1.807, 2.05) is 13.8 Å². The molecule has 0 aromatic carbocycles. The molecule has 0 aromatic rings. The summed E-state index contributed by atoms with van der Waals surface area (Å²) in [5.74, 6) is -1.45. The zero-order chi connectivity index (χ0) is 27.4. The summed E-state index contributed by atoms with van der Waals surface area (Å²) in [6.45, 7) is 25.9. The van der Waals surface area contributed by atoms with Gasteiger partial charge >= 0.3 is 21.7 Å². The molecule has 7 nitrogen and oxygen atoms in total. The first-order valence-corrected chi connectivity index (χ1v) is 12.0. The Labute approximate surface area is 224 Å². The molecular weight excluding hydrogens is 468 g/mol. The van der Waals surface area contributed by atoms with Crippen LogP contribution in [0.5, 0.6) is 0 Å². The van der Waals surface area contributed by atoms with Gasteiger partial charge in [-0.1, -0.05) is 96.9 Å². The maximum absolute atomic E-state index is 11.8. The van der Waals surface area contributed by atoms with Gasteiger partial charge in [0.05, 0.1) is 17.4 Å². The molecule has 0 fully saturated rings. The Hall–Kier alpha value is -0.596. The number of hydrogen-bond donors (Lipinski definition) is 0. The van der Waals surface area contributed by atoms with Crippen LogP contribution in [0.4, 0.5) is 0 Å². The molecule has 1 heterocycles. The van der Waals surface area contributed by atoms with Crippen molar-refractivity contribution < 1.29 is 46.9 Å². The molecular formula is C26H50N2O5Ti. The molecule has 0 saturated heterocycles. The Morgan fingerprint density at radius 1 is 0.735 bits per heavy atom. The minimum Gasteiger partial charge on any atom is -0.852 e. The number of carboxylic acid groups (broad SMARTS) is 1. The third-order valence-electron chi connectivity index (χ3n) is 4.94. The first kappa shape index (κ1) is 40.6. The monoisotopic (exact) mass is 518 g/mol. The summed E-state index contributed by atoms with van der Waals surface area (Å²) in [4.78, 5) is 21.0. The summed E-state index contributed by atoms with van der Waals surface area (Å²) in [6.07, 6.45) is 0.512. The van der Waals surface area contributed by atoms with E-state index in [1.54, 1.807) is 41.5 Å². The molecule has 0 amide bonds. The minimum absolute atomic E-state index is 0. The summed E-state index contributed by atoms with van der Waals surface area (Å²) in [7, 11) is 0. The van der Waals surface area contributed by atoms with Crippen LogP contribution in [0.3, 0.4) is 0 Å². The van der Waals surface area contributed by atoms with Crippen LogP contribution in [0.25, 0.3) is 0 Å². The van der Waals surface area contributed by atoms with Crippen molar-refractivity contribution in [2.24, 2.45) is 26.7 Å². The summed E-state index contributed by atoms with van der Waals surface area (Å²) in [5, 5.41) is 40.3. The quantitative estimate of drug-likeness (QED) is 0.497. The maximum atomic E-state index is 11.8. The molecule has 1 aliphatic heterocycles. The van der Waals surface area contributed by atoms with E-state index in [2.05, 4.69) is 51.5 Å². The van der Waals surface area contributed by atoms with Gasteiger partial charge in [0.1, 0.15) is 0 Å². The van der Waals surface area contributed by atoms with Gasteiger partial charge in [-0.25, -0.2) is 0 Å². The number of rotatable bonds is 6. The van der Waals surface area contributed by atoms with Gasteiger partial charge in [-0.15, -0.1) is 18.3 Å². The van der Waals surface area contributed by atoms with E-state index >= 15 is 0 Å². The van der Waals surface area contributed by atoms with E-state index in [1.165, 1.54) is 0 Å². The normalized spacial score (nSPS) is 14.7. The molecule has 0 spiro atoms. The molecule has 198 valence electrons. The van der Waals surface area contributed by atoms with Crippen LogP contribution in [-0.4, -0.2) is 41.4 Å². The third kappa shape index (κ3) is 15.4. The van der Waals surface area contributed by atoms with Crippen LogP contribution in [0, 0.1) is 16.7 Å². The number of nitrogens with zero attached hydrogens (tertiary/aromatic N) is 2. The molecule has 0 N–H and O–H groups in total. The second kappa shape index (κ2) is 17.8. The van der Waals surface area contributed by atoms with Crippen LogP contribution < -0.4 is 20.4 Å². The molecule has 34 heavy (non-hydrogen) atoms. The average Bonchev–Trinajstić information content (AvgIpc) is 3.04. The fourth-order valence-electron chi connectivity index (χ4n) is 2.34. The van der Waals surface area contributed by atoms with Gasteiger partial charge in [-0.3, -0.25) is 9.98 Å². The number of carbonyl (C=O) groups is 1. The van der Waals surface area contributed by atoms with Crippen LogP contribution in [0.15, 0.2) is 9.98 Å². The van der Waals surface area contributed by atoms with E-state index in [4.69, 9.17) is 0 Å². The molecule has 0 aliphatic carbocycles. The standard InChI is InChI=1S/C17H30N2O2.3C3H7O.Ti/c1-9-15(5,6)12-13(16(7,8)10-2)19-17(18-12,11(3)4)14(20)21;3*1-3(2)4;/h11H,9-10H2,1-8H3,(H,20,21);3*3H,1-2H3;/q;3*-1;+4/p-1. The van der Waals surface area contributed by atoms with Crippen molar-refractivity contribution in [1.82, 2.24) is 0 Å². The largest absolute Gasteiger partial charge is 4.00 e. The topological polar surface area (TPSA) is 134 Å². The summed E-state index contributed by atoms with van der Waals surface area (Å²) in [6, 6.07) is 0. The summed E-state index contributed by atoms with van der Waals surface area (Å²) in [5.41, 5.74) is -0.206. The Balaban J connectivity index is -0.000000287. The van der Waals surface area contributed by atoms with E-state index in [9.17, 15) is 25.2 Å². The molecule has 0 aromatic heterocycles. The molecule has 1 rings (SSSR count). The molecule has 8 heteroatoms. The Morgan fingerprint density at radius 2 is 0.941 bits per heavy atom. The zero-order valence-electron chi connectivity index (χ0n) is 24.2. The SMILES string of the molecule is CC(C)[O-].CC(C)[O-].CC(C)[O-].CCC(C)(C)C1=NC(C(=O)[O-])(C(C)C)N=C1C(C)(C)CC.[Ti+4]. The Kier molecular flexibility index (Phi) is 21.2. The summed E-state index contributed by atoms with van der Waals surface area (Å²) >= 11 is 0. The van der Waals surface area contributed by atoms with Crippen LogP contribution in [0.1, 0.15) is 110 Å². The number of aliphatic carboxylic acids is 1. The third-order valence-corrected chi connectivity index (χ3v) is 4.94. The molecule has 0 atom stereocenters. The molecule has 0 saturated carbocycles. The van der Waals surface area contributed by atoms with E-state index in [-0.39, 0.29) is 38.5 Å². The molecule has 0 radical (unpaired) electrons. The van der Waals surface area contributed by atoms with Gasteiger partial charge in [0.15, 0.2) is 5.66 Å². The van der Waals surface area contributed by atoms with Gasteiger partial charge in [0, 0.05) is 16.7 Å². The van der Waals surface area contributed by atoms with Crippen molar-refractivity contribution in [3.05, 3.63) is 0 Å². The number of carbonyl (C=O) groups excluding carboxylic acids is 1. The van der Waals surface area contributed by atoms with Crippen molar-refractivity contribution in [3.8, 4) is 0 Å². The van der Waals surface area contributed by atoms with Crippen LogP contribution in [0.2, 0.25) is 0 Å². The zero-order valence-corrected chi connectivity index (χ0v) is 25.7. The number of aliphatic imine (C=N–C) groups is 2. The number of hydrogen-bond acceptors (Lipinski definition) is 7. The first-order valence-electron chi connectivity index (χ1n) is 12.0. The van der Waals surface area contributed by atoms with E-state index < -0.39 is 29.9 Å². The smallest absolute Gasteiger partial charge is 0.852 e. The molecule has 0 bridgehead atoms. The second-order valence-electron chi connectivity index (χ2n) is 10.7. The van der Waals surface area contributed by atoms with Gasteiger partial charge in [-0.05, 0) is 12.8 Å². The fraction of sp³-hybridized carbons (Fsp3) is 0.885. The average molecular weight is 519 g/mol. The van der Waals surface area contributed by atoms with Crippen molar-refractivity contribution in [3.63, 3.8) is 0 Å². The minimum atomic E-state index is -1.47. The van der Waals surface area contributed by atoms with Gasteiger partial charge in [-0.2, -0.15) is 0 Å². The van der Waals surface area contributed by atoms with E-state index in [0.29, 0.717) is 0 Å². The number of carboxylic acids is 1. The van der Waals surface area contributed by atoms with Crippen molar-refractivity contribution in [2.45, 2.75) is 134 Å². The Bertz CT molecular complexity index is 570. The van der Waals surface area contributed by atoms with Gasteiger partial charge in [0.2, 0.25) is 0 Å². The van der Waals surface area contributed by atoms with Crippen molar-refractivity contribution in [2.75, 3.05) is 0 Å². The summed E-state index contributed by atoms with van der Waals surface area (Å²) < 4.78 is 0. The maximum Gasteiger partial charge on any atom is 4.00 e. The molecule has 1 aliphatic rings. The van der Waals surface area contributed by atoms with Gasteiger partial charge in [0.25, 0.3) is 0 Å². The second-order valence-corrected chi connectivity index (χ2v) is 10.7. The van der Waals surface area contributed by atoms with E-state index in [0.717, 1.165) is 24.3 Å². The predicted octanol–water partition coefficient (Wildman–Crippen LogP) is 2.12. The van der Waals surface area contributed by atoms with Crippen LogP contribution in [-0.2, 0) is 26.5 Å². The van der Waals surface area contributed by atoms with Crippen molar-refractivity contribution >= 4 is 17.4 Å². The van der Waals surface area contributed by atoms with Crippen molar-refractivity contribution in [1.29, 1.82) is 0 Å². The fourth-order valence-corrected chi connectivity index (χ4v) is 2.34. The van der Waals surface area contributed by atoms with Gasteiger partial charge < -0.3 is 25.2 Å². The first-order chi connectivity index (χ1) is 14.6.